The van der Waals surface area contributed by atoms with Crippen LogP contribution in [0.3, 0.4) is 0 Å². The second-order valence-electron chi connectivity index (χ2n) is 6.76. The van der Waals surface area contributed by atoms with Gasteiger partial charge in [-0.2, -0.15) is 13.2 Å². The average molecular weight is 406 g/mol. The van der Waals surface area contributed by atoms with Crippen LogP contribution in [0, 0.1) is 0 Å². The summed E-state index contributed by atoms with van der Waals surface area (Å²) in [4.78, 5) is 27.5. The lowest BCUT2D eigenvalue weighted by Crippen LogP contribution is -2.50. The minimum absolute atomic E-state index is 0.150. The van der Waals surface area contributed by atoms with E-state index in [1.54, 1.807) is 35.2 Å². The molecule has 0 aromatic heterocycles. The van der Waals surface area contributed by atoms with E-state index in [4.69, 9.17) is 4.74 Å². The molecule has 2 aromatic carbocycles. The third-order valence-corrected chi connectivity index (χ3v) is 4.79. The molecule has 1 aliphatic rings. The molecular formula is C21H21F3N2O3. The van der Waals surface area contributed by atoms with Gasteiger partial charge in [0, 0.05) is 31.9 Å². The maximum atomic E-state index is 12.9. The second-order valence-corrected chi connectivity index (χ2v) is 6.76. The maximum Gasteiger partial charge on any atom is 0.416 e. The SMILES string of the molecule is CC(=O)c1ccccc1OCC(=O)N1CCN(c2cccc(C(F)(F)F)c2)CC1. The molecule has 5 nitrogen and oxygen atoms in total. The monoisotopic (exact) mass is 406 g/mol. The molecule has 0 N–H and O–H groups in total. The van der Waals surface area contributed by atoms with Crippen LogP contribution in [-0.4, -0.2) is 49.4 Å². The molecule has 0 spiro atoms. The minimum atomic E-state index is -4.39. The molecule has 0 radical (unpaired) electrons. The van der Waals surface area contributed by atoms with Gasteiger partial charge in [0.05, 0.1) is 11.1 Å². The fourth-order valence-corrected chi connectivity index (χ4v) is 3.21. The molecule has 1 aliphatic heterocycles. The van der Waals surface area contributed by atoms with Gasteiger partial charge in [-0.3, -0.25) is 9.59 Å². The number of carbonyl (C=O) groups excluding carboxylic acids is 2. The van der Waals surface area contributed by atoms with E-state index < -0.39 is 11.7 Å². The molecule has 0 aliphatic carbocycles. The first-order chi connectivity index (χ1) is 13.8. The second kappa shape index (κ2) is 8.55. The van der Waals surface area contributed by atoms with E-state index in [2.05, 4.69) is 0 Å². The van der Waals surface area contributed by atoms with Crippen molar-refractivity contribution in [2.24, 2.45) is 0 Å². The Balaban J connectivity index is 1.56. The molecule has 1 saturated heterocycles. The van der Waals surface area contributed by atoms with Gasteiger partial charge in [0.15, 0.2) is 12.4 Å². The molecule has 8 heteroatoms. The summed E-state index contributed by atoms with van der Waals surface area (Å²) in [7, 11) is 0. The van der Waals surface area contributed by atoms with Gasteiger partial charge in [-0.15, -0.1) is 0 Å². The summed E-state index contributed by atoms with van der Waals surface area (Å²) >= 11 is 0. The standard InChI is InChI=1S/C21H21F3N2O3/c1-15(27)18-7-2-3-8-19(18)29-14-20(28)26-11-9-25(10-12-26)17-6-4-5-16(13-17)21(22,23)24/h2-8,13H,9-12,14H2,1H3. The zero-order valence-corrected chi connectivity index (χ0v) is 15.9. The number of hydrogen-bond donors (Lipinski definition) is 0. The van der Waals surface area contributed by atoms with Gasteiger partial charge in [-0.05, 0) is 37.3 Å². The summed E-state index contributed by atoms with van der Waals surface area (Å²) in [5.41, 5.74) is 0.208. The highest BCUT2D eigenvalue weighted by molar-refractivity contribution is 5.96. The quantitative estimate of drug-likeness (QED) is 0.712. The van der Waals surface area contributed by atoms with Crippen molar-refractivity contribution in [2.75, 3.05) is 37.7 Å². The first kappa shape index (κ1) is 20.7. The average Bonchev–Trinajstić information content (AvgIpc) is 2.71. The van der Waals surface area contributed by atoms with E-state index in [1.807, 2.05) is 4.90 Å². The van der Waals surface area contributed by atoms with Gasteiger partial charge in [0.25, 0.3) is 5.91 Å². The highest BCUT2D eigenvalue weighted by Crippen LogP contribution is 2.31. The summed E-state index contributed by atoms with van der Waals surface area (Å²) in [5, 5.41) is 0. The number of benzene rings is 2. The van der Waals surface area contributed by atoms with Crippen LogP contribution in [0.25, 0.3) is 0 Å². The van der Waals surface area contributed by atoms with Crippen molar-refractivity contribution in [1.29, 1.82) is 0 Å². The van der Waals surface area contributed by atoms with Crippen LogP contribution in [0.15, 0.2) is 48.5 Å². The third-order valence-electron chi connectivity index (χ3n) is 4.79. The number of piperazine rings is 1. The highest BCUT2D eigenvalue weighted by atomic mass is 19.4. The normalized spacial score (nSPS) is 14.6. The minimum Gasteiger partial charge on any atom is -0.483 e. The van der Waals surface area contributed by atoms with Crippen molar-refractivity contribution in [3.8, 4) is 5.75 Å². The van der Waals surface area contributed by atoms with Crippen LogP contribution in [-0.2, 0) is 11.0 Å². The Morgan fingerprint density at radius 3 is 2.34 bits per heavy atom. The number of carbonyl (C=O) groups is 2. The van der Waals surface area contributed by atoms with Gasteiger partial charge < -0.3 is 14.5 Å². The summed E-state index contributed by atoms with van der Waals surface area (Å²) < 4.78 is 44.2. The molecule has 1 amide bonds. The predicted molar refractivity (Wildman–Crippen MR) is 102 cm³/mol. The van der Waals surface area contributed by atoms with Gasteiger partial charge >= 0.3 is 6.18 Å². The topological polar surface area (TPSA) is 49.9 Å². The van der Waals surface area contributed by atoms with E-state index in [0.717, 1.165) is 12.1 Å². The molecule has 1 heterocycles. The van der Waals surface area contributed by atoms with Gasteiger partial charge in [0.2, 0.25) is 0 Å². The summed E-state index contributed by atoms with van der Waals surface area (Å²) in [6, 6.07) is 11.9. The molecule has 3 rings (SSSR count). The first-order valence-electron chi connectivity index (χ1n) is 9.18. The fourth-order valence-electron chi connectivity index (χ4n) is 3.21. The number of rotatable bonds is 5. The van der Waals surface area contributed by atoms with Crippen molar-refractivity contribution in [2.45, 2.75) is 13.1 Å². The fraction of sp³-hybridized carbons (Fsp3) is 0.333. The zero-order chi connectivity index (χ0) is 21.0. The number of alkyl halides is 3. The highest BCUT2D eigenvalue weighted by Gasteiger charge is 2.31. The van der Waals surface area contributed by atoms with Crippen molar-refractivity contribution in [3.63, 3.8) is 0 Å². The Morgan fingerprint density at radius 2 is 1.69 bits per heavy atom. The number of nitrogens with zero attached hydrogens (tertiary/aromatic N) is 2. The molecule has 2 aromatic rings. The Morgan fingerprint density at radius 1 is 1.00 bits per heavy atom. The number of Topliss-reactive ketones (excluding diaryl/α,β-unsaturated/α-hetero) is 1. The first-order valence-corrected chi connectivity index (χ1v) is 9.18. The molecule has 29 heavy (non-hydrogen) atoms. The Kier molecular flexibility index (Phi) is 6.10. The van der Waals surface area contributed by atoms with Crippen molar-refractivity contribution < 1.29 is 27.5 Å². The van der Waals surface area contributed by atoms with Crippen molar-refractivity contribution in [1.82, 2.24) is 4.90 Å². The number of ketones is 1. The van der Waals surface area contributed by atoms with Gasteiger partial charge in [0.1, 0.15) is 5.75 Å². The molecular weight excluding hydrogens is 385 g/mol. The van der Waals surface area contributed by atoms with E-state index in [0.29, 0.717) is 43.2 Å². The van der Waals surface area contributed by atoms with E-state index in [1.165, 1.54) is 13.0 Å². The molecule has 1 fully saturated rings. The lowest BCUT2D eigenvalue weighted by Gasteiger charge is -2.36. The number of amides is 1. The number of halogens is 3. The smallest absolute Gasteiger partial charge is 0.416 e. The lowest BCUT2D eigenvalue weighted by atomic mass is 10.1. The van der Waals surface area contributed by atoms with E-state index >= 15 is 0 Å². The van der Waals surface area contributed by atoms with Crippen molar-refractivity contribution >= 4 is 17.4 Å². The molecule has 0 bridgehead atoms. The Hall–Kier alpha value is -3.03. The van der Waals surface area contributed by atoms with Gasteiger partial charge in [-0.1, -0.05) is 18.2 Å². The number of para-hydroxylation sites is 1. The van der Waals surface area contributed by atoms with Crippen molar-refractivity contribution in [3.05, 3.63) is 59.7 Å². The lowest BCUT2D eigenvalue weighted by molar-refractivity contribution is -0.137. The van der Waals surface area contributed by atoms with Crippen LogP contribution in [0.4, 0.5) is 18.9 Å². The molecule has 0 atom stereocenters. The Labute approximate surface area is 166 Å². The van der Waals surface area contributed by atoms with Crippen LogP contribution in [0.2, 0.25) is 0 Å². The predicted octanol–water partition coefficient (Wildman–Crippen LogP) is 3.64. The van der Waals surface area contributed by atoms with E-state index in [-0.39, 0.29) is 18.3 Å². The molecule has 154 valence electrons. The van der Waals surface area contributed by atoms with Crippen LogP contribution in [0.5, 0.6) is 5.75 Å². The van der Waals surface area contributed by atoms with Crippen LogP contribution < -0.4 is 9.64 Å². The largest absolute Gasteiger partial charge is 0.483 e. The molecule has 0 saturated carbocycles. The maximum absolute atomic E-state index is 12.9. The Bertz CT molecular complexity index is 891. The number of ether oxygens (including phenoxy) is 1. The summed E-state index contributed by atoms with van der Waals surface area (Å²) in [5.74, 6) is -0.0225. The van der Waals surface area contributed by atoms with E-state index in [9.17, 15) is 22.8 Å². The molecule has 0 unspecified atom stereocenters. The third kappa shape index (κ3) is 5.07. The van der Waals surface area contributed by atoms with Crippen LogP contribution in [0.1, 0.15) is 22.8 Å². The number of hydrogen-bond acceptors (Lipinski definition) is 4. The van der Waals surface area contributed by atoms with Crippen LogP contribution >= 0.6 is 0 Å². The number of anilines is 1. The summed E-state index contributed by atoms with van der Waals surface area (Å²) in [6.07, 6.45) is -4.39. The van der Waals surface area contributed by atoms with Gasteiger partial charge in [-0.25, -0.2) is 0 Å². The zero-order valence-electron chi connectivity index (χ0n) is 15.9. The summed E-state index contributed by atoms with van der Waals surface area (Å²) in [6.45, 7) is 2.85.